The van der Waals surface area contributed by atoms with E-state index >= 15 is 0 Å². The van der Waals surface area contributed by atoms with Crippen LogP contribution in [0.2, 0.25) is 0 Å². The number of benzene rings is 1. The number of hydrogen-bond donors (Lipinski definition) is 2. The minimum Gasteiger partial charge on any atom is -0.355 e. The molecule has 1 aromatic rings. The van der Waals surface area contributed by atoms with Gasteiger partial charge in [-0.15, -0.1) is 11.8 Å². The standard InChI is InChI=1S/C16H24N2O2S/c1-6-17-16(20)13(5)18-14(19)9-21-15-11(3)7-10(2)8-12(15)4/h7-8,13H,6,9H2,1-5H3,(H,17,20)(H,18,19)/t13-/m1/s1. The van der Waals surface area contributed by atoms with Gasteiger partial charge >= 0.3 is 0 Å². The SMILES string of the molecule is CCNC(=O)[C@@H](C)NC(=O)CSc1c(C)cc(C)cc1C. The summed E-state index contributed by atoms with van der Waals surface area (Å²) in [6, 6.07) is 3.73. The largest absolute Gasteiger partial charge is 0.355 e. The maximum Gasteiger partial charge on any atom is 0.242 e. The van der Waals surface area contributed by atoms with Crippen molar-refractivity contribution in [3.05, 3.63) is 28.8 Å². The number of likely N-dealkylation sites (N-methyl/N-ethyl adjacent to an activating group) is 1. The van der Waals surface area contributed by atoms with Gasteiger partial charge in [-0.3, -0.25) is 9.59 Å². The number of aryl methyl sites for hydroxylation is 3. The maximum absolute atomic E-state index is 11.9. The first-order valence-corrected chi connectivity index (χ1v) is 8.11. The van der Waals surface area contributed by atoms with Crippen molar-refractivity contribution in [1.29, 1.82) is 0 Å². The van der Waals surface area contributed by atoms with Crippen LogP contribution < -0.4 is 10.6 Å². The van der Waals surface area contributed by atoms with Crippen LogP contribution in [-0.4, -0.2) is 30.2 Å². The van der Waals surface area contributed by atoms with Crippen molar-refractivity contribution < 1.29 is 9.59 Å². The normalized spacial score (nSPS) is 11.9. The molecule has 4 nitrogen and oxygen atoms in total. The molecule has 2 N–H and O–H groups in total. The van der Waals surface area contributed by atoms with Gasteiger partial charge in [0.1, 0.15) is 6.04 Å². The van der Waals surface area contributed by atoms with Gasteiger partial charge in [0.2, 0.25) is 11.8 Å². The summed E-state index contributed by atoms with van der Waals surface area (Å²) in [4.78, 5) is 24.6. The average Bonchev–Trinajstić information content (AvgIpc) is 2.37. The first-order valence-electron chi connectivity index (χ1n) is 7.12. The van der Waals surface area contributed by atoms with Crippen LogP contribution in [0.25, 0.3) is 0 Å². The summed E-state index contributed by atoms with van der Waals surface area (Å²) in [5.74, 6) is 0.0331. The van der Waals surface area contributed by atoms with Gasteiger partial charge in [0.05, 0.1) is 5.75 Å². The van der Waals surface area contributed by atoms with Gasteiger partial charge in [-0.2, -0.15) is 0 Å². The number of nitrogens with one attached hydrogen (secondary N) is 2. The van der Waals surface area contributed by atoms with Gasteiger partial charge < -0.3 is 10.6 Å². The molecular formula is C16H24N2O2S. The highest BCUT2D eigenvalue weighted by atomic mass is 32.2. The highest BCUT2D eigenvalue weighted by Gasteiger charge is 2.15. The summed E-state index contributed by atoms with van der Waals surface area (Å²) < 4.78 is 0. The molecular weight excluding hydrogens is 284 g/mol. The minimum atomic E-state index is -0.502. The van der Waals surface area contributed by atoms with E-state index in [1.807, 2.05) is 6.92 Å². The molecule has 0 bridgehead atoms. The molecule has 116 valence electrons. The lowest BCUT2D eigenvalue weighted by Crippen LogP contribution is -2.45. The molecule has 0 radical (unpaired) electrons. The predicted molar refractivity (Wildman–Crippen MR) is 87.7 cm³/mol. The average molecular weight is 308 g/mol. The van der Waals surface area contributed by atoms with E-state index in [1.54, 1.807) is 6.92 Å². The van der Waals surface area contributed by atoms with Crippen LogP contribution in [0.15, 0.2) is 17.0 Å². The molecule has 0 saturated heterocycles. The molecule has 0 saturated carbocycles. The summed E-state index contributed by atoms with van der Waals surface area (Å²) in [5.41, 5.74) is 3.59. The number of amides is 2. The summed E-state index contributed by atoms with van der Waals surface area (Å²) in [7, 11) is 0. The first kappa shape index (κ1) is 17.6. The molecule has 1 aromatic carbocycles. The van der Waals surface area contributed by atoms with E-state index in [-0.39, 0.29) is 11.8 Å². The van der Waals surface area contributed by atoms with Crippen LogP contribution in [0.3, 0.4) is 0 Å². The Morgan fingerprint density at radius 3 is 2.29 bits per heavy atom. The van der Waals surface area contributed by atoms with Crippen LogP contribution in [0, 0.1) is 20.8 Å². The van der Waals surface area contributed by atoms with Crippen molar-refractivity contribution in [2.24, 2.45) is 0 Å². The Morgan fingerprint density at radius 2 is 1.76 bits per heavy atom. The second kappa shape index (κ2) is 8.08. The lowest BCUT2D eigenvalue weighted by atomic mass is 10.1. The Balaban J connectivity index is 2.56. The van der Waals surface area contributed by atoms with E-state index < -0.39 is 6.04 Å². The van der Waals surface area contributed by atoms with Crippen molar-refractivity contribution >= 4 is 23.6 Å². The van der Waals surface area contributed by atoms with Crippen molar-refractivity contribution in [2.75, 3.05) is 12.3 Å². The number of hydrogen-bond acceptors (Lipinski definition) is 3. The van der Waals surface area contributed by atoms with Crippen molar-refractivity contribution in [1.82, 2.24) is 10.6 Å². The molecule has 2 amide bonds. The number of rotatable bonds is 6. The summed E-state index contributed by atoms with van der Waals surface area (Å²) >= 11 is 1.51. The molecule has 0 aromatic heterocycles. The Hall–Kier alpha value is -1.49. The molecule has 1 atom stereocenters. The molecule has 21 heavy (non-hydrogen) atoms. The van der Waals surface area contributed by atoms with E-state index in [9.17, 15) is 9.59 Å². The zero-order valence-corrected chi connectivity index (χ0v) is 14.2. The van der Waals surface area contributed by atoms with Crippen molar-refractivity contribution in [3.8, 4) is 0 Å². The summed E-state index contributed by atoms with van der Waals surface area (Å²) in [5, 5.41) is 5.40. The highest BCUT2D eigenvalue weighted by Crippen LogP contribution is 2.27. The fraction of sp³-hybridized carbons (Fsp3) is 0.500. The minimum absolute atomic E-state index is 0.127. The smallest absolute Gasteiger partial charge is 0.242 e. The van der Waals surface area contributed by atoms with E-state index in [4.69, 9.17) is 0 Å². The summed E-state index contributed by atoms with van der Waals surface area (Å²) in [6.45, 7) is 10.3. The summed E-state index contributed by atoms with van der Waals surface area (Å²) in [6.07, 6.45) is 0. The van der Waals surface area contributed by atoms with Gasteiger partial charge in [-0.05, 0) is 45.7 Å². The second-order valence-electron chi connectivity index (χ2n) is 5.20. The Labute approximate surface area is 131 Å². The highest BCUT2D eigenvalue weighted by molar-refractivity contribution is 8.00. The number of carbonyl (C=O) groups excluding carboxylic acids is 2. The number of carbonyl (C=O) groups is 2. The zero-order valence-electron chi connectivity index (χ0n) is 13.4. The van der Waals surface area contributed by atoms with Crippen molar-refractivity contribution in [2.45, 2.75) is 45.6 Å². The second-order valence-corrected chi connectivity index (χ2v) is 6.19. The van der Waals surface area contributed by atoms with Crippen LogP contribution in [0.1, 0.15) is 30.5 Å². The fourth-order valence-corrected chi connectivity index (χ4v) is 3.14. The molecule has 5 heteroatoms. The molecule has 0 unspecified atom stereocenters. The Morgan fingerprint density at radius 1 is 1.19 bits per heavy atom. The monoisotopic (exact) mass is 308 g/mol. The zero-order chi connectivity index (χ0) is 16.0. The topological polar surface area (TPSA) is 58.2 Å². The molecule has 1 rings (SSSR count). The van der Waals surface area contributed by atoms with Crippen LogP contribution in [0.5, 0.6) is 0 Å². The van der Waals surface area contributed by atoms with Crippen LogP contribution in [-0.2, 0) is 9.59 Å². The van der Waals surface area contributed by atoms with Gasteiger partial charge in [-0.1, -0.05) is 17.7 Å². The lowest BCUT2D eigenvalue weighted by molar-refractivity contribution is -0.127. The number of thioether (sulfide) groups is 1. The van der Waals surface area contributed by atoms with E-state index in [0.717, 1.165) is 4.90 Å². The Kier molecular flexibility index (Phi) is 6.75. The molecule has 0 aliphatic carbocycles. The first-order chi connectivity index (χ1) is 9.85. The van der Waals surface area contributed by atoms with Crippen LogP contribution >= 0.6 is 11.8 Å². The third kappa shape index (κ3) is 5.42. The molecule has 0 aliphatic heterocycles. The van der Waals surface area contributed by atoms with Gasteiger partial charge in [0.25, 0.3) is 0 Å². The Bertz CT molecular complexity index is 506. The molecule has 0 heterocycles. The maximum atomic E-state index is 11.9. The lowest BCUT2D eigenvalue weighted by Gasteiger charge is -2.14. The molecule has 0 spiro atoms. The van der Waals surface area contributed by atoms with Gasteiger partial charge in [-0.25, -0.2) is 0 Å². The van der Waals surface area contributed by atoms with E-state index in [1.165, 1.54) is 28.5 Å². The van der Waals surface area contributed by atoms with Gasteiger partial charge in [0.15, 0.2) is 0 Å². The van der Waals surface area contributed by atoms with E-state index in [0.29, 0.717) is 12.3 Å². The predicted octanol–water partition coefficient (Wildman–Crippen LogP) is 2.34. The molecule has 0 aliphatic rings. The van der Waals surface area contributed by atoms with Gasteiger partial charge in [0, 0.05) is 11.4 Å². The quantitative estimate of drug-likeness (QED) is 0.793. The fourth-order valence-electron chi connectivity index (χ4n) is 2.21. The van der Waals surface area contributed by atoms with E-state index in [2.05, 4.69) is 43.5 Å². The molecule has 0 fully saturated rings. The van der Waals surface area contributed by atoms with Crippen LogP contribution in [0.4, 0.5) is 0 Å². The van der Waals surface area contributed by atoms with Crippen molar-refractivity contribution in [3.63, 3.8) is 0 Å². The third-order valence-corrected chi connectivity index (χ3v) is 4.41. The third-order valence-electron chi connectivity index (χ3n) is 3.07.